The van der Waals surface area contributed by atoms with Crippen molar-refractivity contribution in [1.29, 1.82) is 0 Å². The van der Waals surface area contributed by atoms with Crippen molar-refractivity contribution in [3.63, 3.8) is 0 Å². The number of piperidine rings is 1. The molecule has 8 heteroatoms. The van der Waals surface area contributed by atoms with Gasteiger partial charge < -0.3 is 24.5 Å². The first kappa shape index (κ1) is 20.5. The van der Waals surface area contributed by atoms with Gasteiger partial charge in [0.1, 0.15) is 5.52 Å². The molecule has 2 N–H and O–H groups in total. The molecule has 7 nitrogen and oxygen atoms in total. The van der Waals surface area contributed by atoms with Gasteiger partial charge in [-0.05, 0) is 42.2 Å². The van der Waals surface area contributed by atoms with Gasteiger partial charge in [-0.2, -0.15) is 4.98 Å². The summed E-state index contributed by atoms with van der Waals surface area (Å²) in [5.74, 6) is 0.386. The van der Waals surface area contributed by atoms with Gasteiger partial charge >= 0.3 is 0 Å². The molecule has 158 valence electrons. The number of likely N-dealkylation sites (tertiary alicyclic amines) is 1. The highest BCUT2D eigenvalue weighted by Crippen LogP contribution is 2.31. The van der Waals surface area contributed by atoms with Gasteiger partial charge in [0.05, 0.1) is 13.2 Å². The summed E-state index contributed by atoms with van der Waals surface area (Å²) in [6, 6.07) is 11.2. The molecule has 2 aromatic carbocycles. The zero-order valence-electron chi connectivity index (χ0n) is 16.9. The van der Waals surface area contributed by atoms with Crippen molar-refractivity contribution in [3.8, 4) is 5.75 Å². The number of halogens is 1. The Balaban J connectivity index is 1.56. The van der Waals surface area contributed by atoms with Gasteiger partial charge in [0.2, 0.25) is 0 Å². The number of methoxy groups -OCH3 is 1. The van der Waals surface area contributed by atoms with E-state index in [1.807, 2.05) is 31.2 Å². The third kappa shape index (κ3) is 4.22. The number of aliphatic hydroxyl groups excluding tert-OH is 1. The maximum absolute atomic E-state index is 13.0. The number of rotatable bonds is 5. The highest BCUT2D eigenvalue weighted by atomic mass is 35.5. The van der Waals surface area contributed by atoms with E-state index < -0.39 is 0 Å². The number of anilines is 1. The fourth-order valence-electron chi connectivity index (χ4n) is 3.68. The summed E-state index contributed by atoms with van der Waals surface area (Å²) in [6.07, 6.45) is 0.211. The molecule has 1 amide bonds. The lowest BCUT2D eigenvalue weighted by molar-refractivity contribution is 0.0297. The van der Waals surface area contributed by atoms with Crippen molar-refractivity contribution in [3.05, 3.63) is 52.5 Å². The van der Waals surface area contributed by atoms with Crippen molar-refractivity contribution >= 4 is 34.6 Å². The highest BCUT2D eigenvalue weighted by molar-refractivity contribution is 6.30. The molecule has 0 saturated carbocycles. The number of nitrogens with one attached hydrogen (secondary N) is 1. The van der Waals surface area contributed by atoms with E-state index in [2.05, 4.69) is 10.3 Å². The summed E-state index contributed by atoms with van der Waals surface area (Å²) in [4.78, 5) is 19.2. The Morgan fingerprint density at radius 1 is 1.40 bits per heavy atom. The van der Waals surface area contributed by atoms with Crippen LogP contribution >= 0.6 is 11.6 Å². The van der Waals surface area contributed by atoms with Crippen LogP contribution in [-0.4, -0.2) is 47.2 Å². The Hall–Kier alpha value is -2.77. The number of aromatic nitrogens is 1. The van der Waals surface area contributed by atoms with E-state index in [1.54, 1.807) is 17.0 Å². The number of hydrogen-bond donors (Lipinski definition) is 2. The number of carbonyl (C=O) groups excluding carboxylic acids is 1. The molecule has 2 atom stereocenters. The monoisotopic (exact) mass is 429 g/mol. The van der Waals surface area contributed by atoms with Crippen LogP contribution in [0.1, 0.15) is 29.3 Å². The molecule has 2 heterocycles. The van der Waals surface area contributed by atoms with Crippen molar-refractivity contribution in [1.82, 2.24) is 9.88 Å². The average Bonchev–Trinajstić information content (AvgIpc) is 3.16. The van der Waals surface area contributed by atoms with E-state index in [-0.39, 0.29) is 17.9 Å². The predicted octanol–water partition coefficient (Wildman–Crippen LogP) is 3.94. The van der Waals surface area contributed by atoms with E-state index in [0.29, 0.717) is 59.5 Å². The predicted molar refractivity (Wildman–Crippen MR) is 115 cm³/mol. The molecule has 3 aromatic rings. The van der Waals surface area contributed by atoms with Gasteiger partial charge in [0, 0.05) is 30.2 Å². The standard InChI is InChI=1S/C22H24ClN3O4/c1-13-12-26(7-6-18(13)27)21(28)15-9-17-20(19(10-15)29-2)30-22(25-17)24-11-14-4-3-5-16(23)8-14/h3-5,8-10,13,18,27H,6-7,11-12H2,1-2H3,(H,24,25). The number of ether oxygens (including phenoxy) is 1. The summed E-state index contributed by atoms with van der Waals surface area (Å²) in [5.41, 5.74) is 2.49. The first-order valence-electron chi connectivity index (χ1n) is 9.89. The molecular formula is C22H24ClN3O4. The van der Waals surface area contributed by atoms with Crippen LogP contribution in [0.2, 0.25) is 5.02 Å². The topological polar surface area (TPSA) is 87.8 Å². The van der Waals surface area contributed by atoms with E-state index in [0.717, 1.165) is 5.56 Å². The SMILES string of the molecule is COc1cc(C(=O)N2CCC(O)C(C)C2)cc2nc(NCc3cccc(Cl)c3)oc12. The largest absolute Gasteiger partial charge is 0.493 e. The number of fused-ring (bicyclic) bond motifs is 1. The molecule has 1 fully saturated rings. The molecule has 0 radical (unpaired) electrons. The van der Waals surface area contributed by atoms with Gasteiger partial charge in [-0.3, -0.25) is 4.79 Å². The van der Waals surface area contributed by atoms with Crippen LogP contribution in [0, 0.1) is 5.92 Å². The van der Waals surface area contributed by atoms with Crippen molar-refractivity contribution in [2.75, 3.05) is 25.5 Å². The Bertz CT molecular complexity index is 1070. The van der Waals surface area contributed by atoms with Gasteiger partial charge in [-0.15, -0.1) is 0 Å². The van der Waals surface area contributed by atoms with Crippen LogP contribution in [0.3, 0.4) is 0 Å². The molecule has 0 spiro atoms. The summed E-state index contributed by atoms with van der Waals surface area (Å²) >= 11 is 6.03. The quantitative estimate of drug-likeness (QED) is 0.638. The highest BCUT2D eigenvalue weighted by Gasteiger charge is 2.28. The minimum Gasteiger partial charge on any atom is -0.493 e. The van der Waals surface area contributed by atoms with Gasteiger partial charge in [-0.1, -0.05) is 30.7 Å². The fraction of sp³-hybridized carbons (Fsp3) is 0.364. The van der Waals surface area contributed by atoms with Crippen molar-refractivity contribution < 1.29 is 19.1 Å². The van der Waals surface area contributed by atoms with E-state index >= 15 is 0 Å². The second-order valence-electron chi connectivity index (χ2n) is 7.61. The first-order valence-corrected chi connectivity index (χ1v) is 10.3. The summed E-state index contributed by atoms with van der Waals surface area (Å²) in [5, 5.41) is 13.7. The summed E-state index contributed by atoms with van der Waals surface area (Å²) < 4.78 is 11.3. The Labute approximate surface area is 179 Å². The van der Waals surface area contributed by atoms with E-state index in [4.69, 9.17) is 20.8 Å². The number of benzene rings is 2. The number of nitrogens with zero attached hydrogens (tertiary/aromatic N) is 2. The lowest BCUT2D eigenvalue weighted by Gasteiger charge is -2.34. The summed E-state index contributed by atoms with van der Waals surface area (Å²) in [7, 11) is 1.53. The Kier molecular flexibility index (Phi) is 5.83. The molecule has 1 aliphatic rings. The average molecular weight is 430 g/mol. The maximum Gasteiger partial charge on any atom is 0.296 e. The molecule has 0 bridgehead atoms. The smallest absolute Gasteiger partial charge is 0.296 e. The molecule has 30 heavy (non-hydrogen) atoms. The lowest BCUT2D eigenvalue weighted by atomic mass is 9.96. The molecule has 2 unspecified atom stereocenters. The first-order chi connectivity index (χ1) is 14.4. The third-order valence-electron chi connectivity index (χ3n) is 5.40. The molecule has 1 saturated heterocycles. The number of oxazole rings is 1. The van der Waals surface area contributed by atoms with E-state index in [1.165, 1.54) is 7.11 Å². The molecule has 4 rings (SSSR count). The van der Waals surface area contributed by atoms with Gasteiger partial charge in [0.25, 0.3) is 11.9 Å². The van der Waals surface area contributed by atoms with Crippen LogP contribution < -0.4 is 10.1 Å². The molecule has 1 aromatic heterocycles. The Morgan fingerprint density at radius 2 is 2.23 bits per heavy atom. The second-order valence-corrected chi connectivity index (χ2v) is 8.05. The van der Waals surface area contributed by atoms with Crippen LogP contribution in [0.25, 0.3) is 11.1 Å². The van der Waals surface area contributed by atoms with Crippen LogP contribution in [0.4, 0.5) is 6.01 Å². The minimum atomic E-state index is -0.366. The zero-order valence-corrected chi connectivity index (χ0v) is 17.6. The zero-order chi connectivity index (χ0) is 21.3. The number of amides is 1. The van der Waals surface area contributed by atoms with Crippen molar-refractivity contribution in [2.45, 2.75) is 26.0 Å². The van der Waals surface area contributed by atoms with Gasteiger partial charge in [0.15, 0.2) is 11.3 Å². The maximum atomic E-state index is 13.0. The number of aliphatic hydroxyl groups is 1. The number of hydrogen-bond acceptors (Lipinski definition) is 6. The fourth-order valence-corrected chi connectivity index (χ4v) is 3.89. The van der Waals surface area contributed by atoms with Crippen molar-refractivity contribution in [2.24, 2.45) is 5.92 Å². The second kappa shape index (κ2) is 8.53. The molecular weight excluding hydrogens is 406 g/mol. The van der Waals surface area contributed by atoms with E-state index in [9.17, 15) is 9.90 Å². The normalized spacial score (nSPS) is 19.1. The lowest BCUT2D eigenvalue weighted by Crippen LogP contribution is -2.44. The van der Waals surface area contributed by atoms with Crippen LogP contribution in [0.5, 0.6) is 5.75 Å². The minimum absolute atomic E-state index is 0.0441. The Morgan fingerprint density at radius 3 is 2.97 bits per heavy atom. The third-order valence-corrected chi connectivity index (χ3v) is 5.64. The van der Waals surface area contributed by atoms with Gasteiger partial charge in [-0.25, -0.2) is 0 Å². The molecule has 0 aliphatic carbocycles. The van der Waals surface area contributed by atoms with Crippen LogP contribution in [0.15, 0.2) is 40.8 Å². The number of carbonyl (C=O) groups is 1. The summed E-state index contributed by atoms with van der Waals surface area (Å²) in [6.45, 7) is 3.49. The van der Waals surface area contributed by atoms with Crippen LogP contribution in [-0.2, 0) is 6.54 Å². The molecule has 1 aliphatic heterocycles.